The maximum Gasteiger partial charge on any atom is 0.111 e. The van der Waals surface area contributed by atoms with Gasteiger partial charge in [0.1, 0.15) is 5.54 Å². The van der Waals surface area contributed by atoms with Crippen molar-refractivity contribution in [3.63, 3.8) is 0 Å². The first-order valence-electron chi connectivity index (χ1n) is 14.5. The first kappa shape index (κ1) is 26.9. The summed E-state index contributed by atoms with van der Waals surface area (Å²) >= 11 is 0. The fourth-order valence-corrected chi connectivity index (χ4v) is 9.54. The molecule has 35 heavy (non-hydrogen) atoms. The van der Waals surface area contributed by atoms with Crippen LogP contribution in [0, 0.1) is 51.2 Å². The monoisotopic (exact) mass is 480 g/mol. The predicted molar refractivity (Wildman–Crippen MR) is 146 cm³/mol. The molecule has 3 heteroatoms. The molecule has 4 rings (SSSR count). The zero-order chi connectivity index (χ0) is 26.0. The molecule has 4 aliphatic rings. The number of fused-ring (bicyclic) bond motifs is 4. The SMILES string of the molecule is CC(C)C(C#N)(CC[C@@H](C)[C@H]1CC=C2C3=C(CC[C@@]21C)[C@@]1(C)CC[C@H](O)C(C)(C)[C@@H]1CC3)N(C)C. The molecule has 1 fully saturated rings. The third-order valence-electron chi connectivity index (χ3n) is 12.0. The number of allylic oxidation sites excluding steroid dienone is 4. The van der Waals surface area contributed by atoms with E-state index in [1.165, 1.54) is 32.1 Å². The summed E-state index contributed by atoms with van der Waals surface area (Å²) in [5, 5.41) is 20.9. The molecule has 0 bridgehead atoms. The average Bonchev–Trinajstić information content (AvgIpc) is 3.14. The van der Waals surface area contributed by atoms with Crippen LogP contribution in [-0.4, -0.2) is 35.7 Å². The van der Waals surface area contributed by atoms with Crippen molar-refractivity contribution in [1.29, 1.82) is 5.26 Å². The van der Waals surface area contributed by atoms with E-state index in [1.807, 2.05) is 0 Å². The van der Waals surface area contributed by atoms with Crippen LogP contribution in [0.3, 0.4) is 0 Å². The Bertz CT molecular complexity index is 926. The van der Waals surface area contributed by atoms with E-state index in [-0.39, 0.29) is 27.9 Å². The van der Waals surface area contributed by atoms with Gasteiger partial charge in [0, 0.05) is 0 Å². The van der Waals surface area contributed by atoms with E-state index < -0.39 is 0 Å². The molecule has 0 spiro atoms. The van der Waals surface area contributed by atoms with Crippen LogP contribution in [0.4, 0.5) is 0 Å². The fraction of sp³-hybridized carbons (Fsp3) is 0.844. The Kier molecular flexibility index (Phi) is 6.94. The molecule has 0 radical (unpaired) electrons. The molecule has 4 aliphatic carbocycles. The van der Waals surface area contributed by atoms with E-state index in [0.29, 0.717) is 23.7 Å². The van der Waals surface area contributed by atoms with Crippen molar-refractivity contribution in [2.45, 2.75) is 118 Å². The molecule has 0 aliphatic heterocycles. The maximum absolute atomic E-state index is 10.8. The third-order valence-corrected chi connectivity index (χ3v) is 12.0. The smallest absolute Gasteiger partial charge is 0.111 e. The topological polar surface area (TPSA) is 47.3 Å². The van der Waals surface area contributed by atoms with Gasteiger partial charge in [-0.25, -0.2) is 0 Å². The second-order valence-electron chi connectivity index (χ2n) is 14.3. The second kappa shape index (κ2) is 9.02. The summed E-state index contributed by atoms with van der Waals surface area (Å²) in [6.45, 7) is 16.6. The zero-order valence-electron chi connectivity index (χ0n) is 24.2. The Morgan fingerprint density at radius 2 is 1.77 bits per heavy atom. The Balaban J connectivity index is 1.56. The minimum absolute atomic E-state index is 0.00345. The summed E-state index contributed by atoms with van der Waals surface area (Å²) in [5.74, 6) is 2.18. The molecular formula is C32H52N2O. The predicted octanol–water partition coefficient (Wildman–Crippen LogP) is 7.52. The molecule has 1 saturated carbocycles. The summed E-state index contributed by atoms with van der Waals surface area (Å²) in [6.07, 6.45) is 12.7. The van der Waals surface area contributed by atoms with Crippen LogP contribution in [-0.2, 0) is 0 Å². The number of hydrogen-bond acceptors (Lipinski definition) is 3. The number of nitrogens with zero attached hydrogens (tertiary/aromatic N) is 2. The van der Waals surface area contributed by atoms with Crippen LogP contribution >= 0.6 is 0 Å². The van der Waals surface area contributed by atoms with E-state index >= 15 is 0 Å². The minimum Gasteiger partial charge on any atom is -0.393 e. The lowest BCUT2D eigenvalue weighted by atomic mass is 9.46. The van der Waals surface area contributed by atoms with E-state index in [9.17, 15) is 10.4 Å². The van der Waals surface area contributed by atoms with Gasteiger partial charge in [-0.05, 0) is 123 Å². The van der Waals surface area contributed by atoms with Crippen molar-refractivity contribution in [1.82, 2.24) is 4.90 Å². The highest BCUT2D eigenvalue weighted by Crippen LogP contribution is 2.66. The Morgan fingerprint density at radius 1 is 1.09 bits per heavy atom. The summed E-state index contributed by atoms with van der Waals surface area (Å²) in [6, 6.07) is 2.69. The summed E-state index contributed by atoms with van der Waals surface area (Å²) in [4.78, 5) is 2.16. The van der Waals surface area contributed by atoms with Crippen molar-refractivity contribution in [3.05, 3.63) is 22.8 Å². The molecule has 0 aromatic heterocycles. The lowest BCUT2D eigenvalue weighted by molar-refractivity contribution is -0.0905. The molecule has 0 aromatic carbocycles. The Morgan fingerprint density at radius 3 is 2.37 bits per heavy atom. The van der Waals surface area contributed by atoms with Crippen LogP contribution in [0.15, 0.2) is 22.8 Å². The number of aliphatic hydroxyl groups excluding tert-OH is 1. The van der Waals surface area contributed by atoms with Gasteiger partial charge in [0.2, 0.25) is 0 Å². The molecule has 7 atom stereocenters. The number of nitriles is 1. The van der Waals surface area contributed by atoms with E-state index in [4.69, 9.17) is 0 Å². The van der Waals surface area contributed by atoms with Gasteiger partial charge in [-0.1, -0.05) is 60.1 Å². The van der Waals surface area contributed by atoms with Gasteiger partial charge in [0.15, 0.2) is 0 Å². The zero-order valence-corrected chi connectivity index (χ0v) is 24.2. The molecule has 1 N–H and O–H groups in total. The third kappa shape index (κ3) is 3.88. The lowest BCUT2D eigenvalue weighted by Crippen LogP contribution is -2.53. The van der Waals surface area contributed by atoms with E-state index in [1.54, 1.807) is 16.7 Å². The second-order valence-corrected chi connectivity index (χ2v) is 14.3. The van der Waals surface area contributed by atoms with Crippen LogP contribution < -0.4 is 0 Å². The van der Waals surface area contributed by atoms with Crippen molar-refractivity contribution in [3.8, 4) is 6.07 Å². The highest BCUT2D eigenvalue weighted by molar-refractivity contribution is 5.49. The van der Waals surface area contributed by atoms with Crippen LogP contribution in [0.2, 0.25) is 0 Å². The van der Waals surface area contributed by atoms with Gasteiger partial charge < -0.3 is 5.11 Å². The highest BCUT2D eigenvalue weighted by Gasteiger charge is 2.57. The Hall–Kier alpha value is -1.11. The number of aliphatic hydroxyl groups is 1. The number of hydrogen-bond donors (Lipinski definition) is 1. The maximum atomic E-state index is 10.8. The van der Waals surface area contributed by atoms with Gasteiger partial charge in [-0.15, -0.1) is 0 Å². The lowest BCUT2D eigenvalue weighted by Gasteiger charge is -2.59. The molecule has 1 unspecified atom stereocenters. The van der Waals surface area contributed by atoms with Crippen LogP contribution in [0.1, 0.15) is 106 Å². The molecule has 0 aromatic rings. The molecular weight excluding hydrogens is 428 g/mol. The normalized spacial score (nSPS) is 38.8. The summed E-state index contributed by atoms with van der Waals surface area (Å²) in [7, 11) is 4.14. The Labute approximate surface area is 216 Å². The van der Waals surface area contributed by atoms with Crippen LogP contribution in [0.25, 0.3) is 0 Å². The number of rotatable bonds is 6. The molecule has 0 amide bonds. The first-order valence-corrected chi connectivity index (χ1v) is 14.5. The van der Waals surface area contributed by atoms with Gasteiger partial charge in [0.05, 0.1) is 12.2 Å². The van der Waals surface area contributed by atoms with Crippen LogP contribution in [0.5, 0.6) is 0 Å². The highest BCUT2D eigenvalue weighted by atomic mass is 16.3. The molecule has 3 nitrogen and oxygen atoms in total. The van der Waals surface area contributed by atoms with Crippen molar-refractivity contribution >= 4 is 0 Å². The molecule has 0 saturated heterocycles. The standard InChI is InChI=1S/C32H52N2O/c1-21(2)32(20-33,34(8)9)19-14-22(3)24-11-12-25-23-10-13-27-29(4,5)28(35)16-18-31(27,7)26(23)15-17-30(24,25)6/h12,21-22,24,27-28,35H,10-11,13-19H2,1-9H3/t22-,24-,27+,28+,30-,31-,32?/m1/s1. The first-order chi connectivity index (χ1) is 16.3. The molecule has 0 heterocycles. The van der Waals surface area contributed by atoms with Crippen molar-refractivity contribution in [2.24, 2.45) is 39.9 Å². The van der Waals surface area contributed by atoms with Gasteiger partial charge >= 0.3 is 0 Å². The summed E-state index contributed by atoms with van der Waals surface area (Å²) < 4.78 is 0. The van der Waals surface area contributed by atoms with E-state index in [0.717, 1.165) is 25.7 Å². The minimum atomic E-state index is -0.377. The van der Waals surface area contributed by atoms with E-state index in [2.05, 4.69) is 79.6 Å². The van der Waals surface area contributed by atoms with Gasteiger partial charge in [-0.3, -0.25) is 4.90 Å². The average molecular weight is 481 g/mol. The fourth-order valence-electron chi connectivity index (χ4n) is 9.54. The van der Waals surface area contributed by atoms with Crippen molar-refractivity contribution < 1.29 is 5.11 Å². The quantitative estimate of drug-likeness (QED) is 0.427. The van der Waals surface area contributed by atoms with Crippen molar-refractivity contribution in [2.75, 3.05) is 14.1 Å². The van der Waals surface area contributed by atoms with Gasteiger partial charge in [0.25, 0.3) is 0 Å². The largest absolute Gasteiger partial charge is 0.393 e. The summed E-state index contributed by atoms with van der Waals surface area (Å²) in [5.41, 5.74) is 5.29. The van der Waals surface area contributed by atoms with Gasteiger partial charge in [-0.2, -0.15) is 5.26 Å². The molecule has 196 valence electrons.